The number of carbonyl (C=O) groups excluding carboxylic acids is 2. The minimum atomic E-state index is -5.61. The van der Waals surface area contributed by atoms with Crippen molar-refractivity contribution < 1.29 is 90.6 Å². The fraction of sp³-hybridized carbons (Fsp3) is 0.787. The van der Waals surface area contributed by atoms with Crippen molar-refractivity contribution in [1.82, 2.24) is 0 Å². The van der Waals surface area contributed by atoms with E-state index in [-0.39, 0.29) is 12.8 Å². The van der Waals surface area contributed by atoms with E-state index in [0.717, 1.165) is 44.9 Å². The molecule has 0 amide bonds. The molecule has 8 N–H and O–H groups in total. The standard InChI is InChI=1S/C47H85O19P3/c1-3-5-7-9-11-13-15-17-19-20-22-24-26-28-30-32-34-36-41(49)63-39(37-61-40(48)35-33-31-29-27-25-23-21-18-16-14-12-10-8-6-4-2)38-62-69(59,60)66-45-42(50)43(51)46(64-67(53,54)55)47(44(45)52)65-68(56,57)58/h11,13,17,19,22,24,28,30,39,42-47,50-52H,3-10,12,14-16,18,20-21,23,25-27,29,31-38H2,1-2H3,(H,59,60)(H2,53,54,55)(H2,56,57,58)/b13-11-,19-17-,24-22-,30-28-/t39-,42?,43+,44?,45-,46?,47?/m1/s1. The van der Waals surface area contributed by atoms with E-state index in [1.165, 1.54) is 83.5 Å². The van der Waals surface area contributed by atoms with E-state index in [1.807, 2.05) is 18.2 Å². The maximum Gasteiger partial charge on any atom is 0.472 e. The Labute approximate surface area is 410 Å². The summed E-state index contributed by atoms with van der Waals surface area (Å²) >= 11 is 0. The zero-order valence-corrected chi connectivity index (χ0v) is 43.6. The van der Waals surface area contributed by atoms with Crippen molar-refractivity contribution in [2.75, 3.05) is 13.2 Å². The predicted octanol–water partition coefficient (Wildman–Crippen LogP) is 9.40. The molecule has 69 heavy (non-hydrogen) atoms. The Morgan fingerprint density at radius 2 is 0.855 bits per heavy atom. The highest BCUT2D eigenvalue weighted by molar-refractivity contribution is 7.47. The summed E-state index contributed by atoms with van der Waals surface area (Å²) in [7, 11) is -16.6. The Balaban J connectivity index is 2.75. The first-order valence-corrected chi connectivity index (χ1v) is 29.5. The molecular formula is C47H85O19P3. The normalized spacial score (nSPS) is 21.7. The van der Waals surface area contributed by atoms with E-state index >= 15 is 0 Å². The summed E-state index contributed by atoms with van der Waals surface area (Å²) in [5.74, 6) is -1.36. The van der Waals surface area contributed by atoms with Crippen molar-refractivity contribution in [3.8, 4) is 0 Å². The third kappa shape index (κ3) is 35.0. The zero-order valence-electron chi connectivity index (χ0n) is 40.9. The van der Waals surface area contributed by atoms with E-state index in [4.69, 9.17) is 18.5 Å². The number of hydrogen-bond donors (Lipinski definition) is 8. The van der Waals surface area contributed by atoms with Gasteiger partial charge in [0.1, 0.15) is 43.2 Å². The van der Waals surface area contributed by atoms with Gasteiger partial charge in [-0.3, -0.25) is 27.7 Å². The number of phosphoric acid groups is 3. The fourth-order valence-electron chi connectivity index (χ4n) is 7.40. The third-order valence-electron chi connectivity index (χ3n) is 11.1. The van der Waals surface area contributed by atoms with Gasteiger partial charge < -0.3 is 49.3 Å². The van der Waals surface area contributed by atoms with E-state index < -0.39 is 91.3 Å². The van der Waals surface area contributed by atoms with Gasteiger partial charge in [0, 0.05) is 12.8 Å². The van der Waals surface area contributed by atoms with Crippen molar-refractivity contribution in [3.63, 3.8) is 0 Å². The van der Waals surface area contributed by atoms with Gasteiger partial charge in [-0.2, -0.15) is 0 Å². The van der Waals surface area contributed by atoms with Gasteiger partial charge in [-0.15, -0.1) is 0 Å². The van der Waals surface area contributed by atoms with Gasteiger partial charge in [0.25, 0.3) is 0 Å². The van der Waals surface area contributed by atoms with Gasteiger partial charge in [0.05, 0.1) is 6.61 Å². The number of hydrogen-bond acceptors (Lipinski definition) is 14. The number of aliphatic hydroxyl groups excluding tert-OH is 3. The average molecular weight is 1050 g/mol. The maximum absolute atomic E-state index is 13.1. The molecule has 1 saturated carbocycles. The van der Waals surface area contributed by atoms with Crippen molar-refractivity contribution >= 4 is 35.4 Å². The maximum atomic E-state index is 13.1. The van der Waals surface area contributed by atoms with Crippen LogP contribution in [0.4, 0.5) is 0 Å². The number of phosphoric ester groups is 3. The second kappa shape index (κ2) is 38.7. The highest BCUT2D eigenvalue weighted by Crippen LogP contribution is 2.51. The van der Waals surface area contributed by atoms with Crippen LogP contribution in [0.5, 0.6) is 0 Å². The summed E-state index contributed by atoms with van der Waals surface area (Å²) in [4.78, 5) is 73.3. The molecule has 0 bridgehead atoms. The van der Waals surface area contributed by atoms with Crippen LogP contribution >= 0.6 is 23.5 Å². The van der Waals surface area contributed by atoms with Crippen molar-refractivity contribution in [2.24, 2.45) is 0 Å². The minimum absolute atomic E-state index is 0.0703. The molecule has 0 aromatic heterocycles. The Bertz CT molecular complexity index is 1630. The molecule has 0 heterocycles. The molecule has 0 aromatic rings. The number of ether oxygens (including phenoxy) is 2. The topological polar surface area (TPSA) is 303 Å². The molecule has 0 aliphatic heterocycles. The van der Waals surface area contributed by atoms with Crippen molar-refractivity contribution in [1.29, 1.82) is 0 Å². The smallest absolute Gasteiger partial charge is 0.462 e. The quantitative estimate of drug-likeness (QED) is 0.0122. The number of carbonyl (C=O) groups is 2. The molecular weight excluding hydrogens is 961 g/mol. The van der Waals surface area contributed by atoms with Crippen LogP contribution in [-0.4, -0.2) is 108 Å². The molecule has 1 aliphatic rings. The Kier molecular flexibility index (Phi) is 36.5. The summed E-state index contributed by atoms with van der Waals surface area (Å²) in [6.45, 7) is 2.88. The Morgan fingerprint density at radius 3 is 1.33 bits per heavy atom. The number of unbranched alkanes of at least 4 members (excludes halogenated alkanes) is 18. The first-order valence-electron chi connectivity index (χ1n) is 24.9. The minimum Gasteiger partial charge on any atom is -0.462 e. The summed E-state index contributed by atoms with van der Waals surface area (Å²) in [6, 6.07) is 0. The zero-order chi connectivity index (χ0) is 51.4. The lowest BCUT2D eigenvalue weighted by Gasteiger charge is -2.44. The summed E-state index contributed by atoms with van der Waals surface area (Å²) in [6.07, 6.45) is 25.6. The Morgan fingerprint density at radius 1 is 0.464 bits per heavy atom. The van der Waals surface area contributed by atoms with Crippen LogP contribution < -0.4 is 0 Å². The molecule has 1 aliphatic carbocycles. The lowest BCUT2D eigenvalue weighted by atomic mass is 9.85. The number of aliphatic hydroxyl groups is 3. The van der Waals surface area contributed by atoms with Crippen molar-refractivity contribution in [3.05, 3.63) is 48.6 Å². The number of rotatable bonds is 42. The van der Waals surface area contributed by atoms with Gasteiger partial charge >= 0.3 is 35.4 Å². The monoisotopic (exact) mass is 1050 g/mol. The SMILES string of the molecule is CCCCC/C=C\C/C=C\C/C=C\C/C=C\CCCC(=O)O[C@H](COC(=O)CCCCCCCCCCCCCCCCC)COP(=O)(O)O[C@H]1C(O)C(OP(=O)(O)O)C(OP(=O)(O)O)[C@@H](O)C1O. The second-order valence-corrected chi connectivity index (χ2v) is 21.2. The van der Waals surface area contributed by atoms with Crippen molar-refractivity contribution in [2.45, 2.75) is 224 Å². The highest BCUT2D eigenvalue weighted by Gasteiger charge is 2.56. The van der Waals surface area contributed by atoms with Crippen LogP contribution in [0.2, 0.25) is 0 Å². The number of esters is 2. The predicted molar refractivity (Wildman–Crippen MR) is 261 cm³/mol. The molecule has 0 spiro atoms. The van der Waals surface area contributed by atoms with Crippen LogP contribution in [-0.2, 0) is 50.9 Å². The van der Waals surface area contributed by atoms with Gasteiger partial charge in [-0.05, 0) is 51.4 Å². The molecule has 5 unspecified atom stereocenters. The van der Waals surface area contributed by atoms with Crippen LogP contribution in [0.25, 0.3) is 0 Å². The van der Waals surface area contributed by atoms with Gasteiger partial charge in [0.2, 0.25) is 0 Å². The van der Waals surface area contributed by atoms with Gasteiger partial charge in [0.15, 0.2) is 6.10 Å². The molecule has 19 nitrogen and oxygen atoms in total. The van der Waals surface area contributed by atoms with Crippen LogP contribution in [0.1, 0.15) is 181 Å². The van der Waals surface area contributed by atoms with Crippen LogP contribution in [0, 0.1) is 0 Å². The largest absolute Gasteiger partial charge is 0.472 e. The van der Waals surface area contributed by atoms with Gasteiger partial charge in [-0.1, -0.05) is 165 Å². The summed E-state index contributed by atoms with van der Waals surface area (Å²) < 4.78 is 65.5. The third-order valence-corrected chi connectivity index (χ3v) is 13.2. The second-order valence-electron chi connectivity index (χ2n) is 17.4. The average Bonchev–Trinajstić information content (AvgIpc) is 3.28. The molecule has 1 fully saturated rings. The van der Waals surface area contributed by atoms with E-state index in [2.05, 4.69) is 53.3 Å². The van der Waals surface area contributed by atoms with Crippen LogP contribution in [0.15, 0.2) is 48.6 Å². The summed E-state index contributed by atoms with van der Waals surface area (Å²) in [5.41, 5.74) is 0. The summed E-state index contributed by atoms with van der Waals surface area (Å²) in [5, 5.41) is 31.9. The molecule has 402 valence electrons. The Hall–Kier alpha value is -1.89. The molecule has 0 radical (unpaired) electrons. The van der Waals surface area contributed by atoms with Crippen LogP contribution in [0.3, 0.4) is 0 Å². The van der Waals surface area contributed by atoms with Gasteiger partial charge in [-0.25, -0.2) is 13.7 Å². The van der Waals surface area contributed by atoms with E-state index in [1.54, 1.807) is 0 Å². The molecule has 0 saturated heterocycles. The molecule has 0 aromatic carbocycles. The fourth-order valence-corrected chi connectivity index (χ4v) is 9.50. The first kappa shape index (κ1) is 65.1. The molecule has 22 heteroatoms. The lowest BCUT2D eigenvalue weighted by molar-refractivity contribution is -0.213. The van der Waals surface area contributed by atoms with E-state index in [0.29, 0.717) is 25.7 Å². The number of allylic oxidation sites excluding steroid dienone is 8. The highest BCUT2D eigenvalue weighted by atomic mass is 31.2. The molecule has 1 rings (SSSR count). The van der Waals surface area contributed by atoms with E-state index in [9.17, 15) is 63.1 Å². The molecule has 8 atom stereocenters. The lowest BCUT2D eigenvalue weighted by Crippen LogP contribution is -2.65. The first-order chi connectivity index (χ1) is 32.8.